The highest BCUT2D eigenvalue weighted by atomic mass is 32.2. The molecule has 2 heterocycles. The van der Waals surface area contributed by atoms with Crippen LogP contribution in [-0.2, 0) is 20.8 Å². The van der Waals surface area contributed by atoms with E-state index in [0.717, 1.165) is 4.88 Å². The number of urea groups is 1. The van der Waals surface area contributed by atoms with Gasteiger partial charge < -0.3 is 26.6 Å². The highest BCUT2D eigenvalue weighted by Gasteiger charge is 2.40. The number of carbonyl (C=O) groups is 4. The molecule has 2 rings (SSSR count). The van der Waals surface area contributed by atoms with Crippen LogP contribution in [0.4, 0.5) is 4.79 Å². The van der Waals surface area contributed by atoms with Crippen molar-refractivity contribution in [1.29, 1.82) is 0 Å². The summed E-state index contributed by atoms with van der Waals surface area (Å²) >= 11 is 2.83. The number of likely N-dealkylation sites (tertiary alicyclic amines) is 1. The van der Waals surface area contributed by atoms with E-state index >= 15 is 0 Å². The normalized spacial score (nSPS) is 19.4. The van der Waals surface area contributed by atoms with Crippen molar-refractivity contribution in [2.45, 2.75) is 50.9 Å². The van der Waals surface area contributed by atoms with Gasteiger partial charge in [-0.15, -0.1) is 11.3 Å². The first-order valence-corrected chi connectivity index (χ1v) is 12.0. The average Bonchev–Trinajstić information content (AvgIpc) is 3.30. The molecule has 1 aliphatic rings. The van der Waals surface area contributed by atoms with Gasteiger partial charge in [-0.25, -0.2) is 4.79 Å². The van der Waals surface area contributed by atoms with Gasteiger partial charge in [0, 0.05) is 23.9 Å². The SMILES string of the molecule is CSCC(=O)N1C[C@H](NC(=O)NC(C)C)C[C@H]1C(=O)N[C@@H](Cc1cccs1)C(N)=O. The minimum Gasteiger partial charge on any atom is -0.368 e. The van der Waals surface area contributed by atoms with Gasteiger partial charge >= 0.3 is 6.03 Å². The van der Waals surface area contributed by atoms with Gasteiger partial charge in [0.15, 0.2) is 0 Å². The van der Waals surface area contributed by atoms with E-state index < -0.39 is 23.9 Å². The molecular weight excluding hydrogens is 426 g/mol. The summed E-state index contributed by atoms with van der Waals surface area (Å²) < 4.78 is 0. The number of nitrogens with two attached hydrogens (primary N) is 1. The Balaban J connectivity index is 2.08. The highest BCUT2D eigenvalue weighted by molar-refractivity contribution is 7.99. The molecule has 0 saturated carbocycles. The van der Waals surface area contributed by atoms with Gasteiger partial charge in [0.25, 0.3) is 0 Å². The van der Waals surface area contributed by atoms with Crippen molar-refractivity contribution in [3.05, 3.63) is 22.4 Å². The van der Waals surface area contributed by atoms with Crippen molar-refractivity contribution in [2.75, 3.05) is 18.6 Å². The predicted octanol–water partition coefficient (Wildman–Crippen LogP) is 0.301. The molecule has 1 aromatic heterocycles. The molecule has 1 fully saturated rings. The second-order valence-corrected chi connectivity index (χ2v) is 9.35. The van der Waals surface area contributed by atoms with E-state index in [1.165, 1.54) is 28.0 Å². The monoisotopic (exact) mass is 455 g/mol. The number of nitrogens with zero attached hydrogens (tertiary/aromatic N) is 1. The van der Waals surface area contributed by atoms with Crippen LogP contribution in [0.2, 0.25) is 0 Å². The maximum atomic E-state index is 13.0. The Labute approximate surface area is 184 Å². The molecular formula is C19H29N5O4S2. The topological polar surface area (TPSA) is 134 Å². The Morgan fingerprint density at radius 3 is 2.60 bits per heavy atom. The summed E-state index contributed by atoms with van der Waals surface area (Å²) in [4.78, 5) is 51.8. The lowest BCUT2D eigenvalue weighted by molar-refractivity contribution is -0.137. The molecule has 0 bridgehead atoms. The summed E-state index contributed by atoms with van der Waals surface area (Å²) in [5.74, 6) is -1.05. The van der Waals surface area contributed by atoms with Gasteiger partial charge in [-0.1, -0.05) is 6.07 Å². The summed E-state index contributed by atoms with van der Waals surface area (Å²) in [5.41, 5.74) is 5.48. The second kappa shape index (κ2) is 11.2. The minimum absolute atomic E-state index is 0.0340. The third-order valence-corrected chi connectivity index (χ3v) is 6.03. The van der Waals surface area contributed by atoms with Crippen LogP contribution in [0.3, 0.4) is 0 Å². The van der Waals surface area contributed by atoms with Crippen molar-refractivity contribution in [1.82, 2.24) is 20.9 Å². The van der Waals surface area contributed by atoms with E-state index in [9.17, 15) is 19.2 Å². The Hall–Kier alpha value is -2.27. The molecule has 0 spiro atoms. The van der Waals surface area contributed by atoms with E-state index in [1.807, 2.05) is 31.4 Å². The molecule has 0 radical (unpaired) electrons. The quantitative estimate of drug-likeness (QED) is 0.425. The molecule has 0 aromatic carbocycles. The number of thiophene rings is 1. The van der Waals surface area contributed by atoms with Crippen molar-refractivity contribution >= 4 is 46.9 Å². The standard InChI is InChI=1S/C19H29N5O4S2/c1-11(2)21-19(28)22-12-7-15(24(9-12)16(25)10-29-3)18(27)23-14(17(20)26)8-13-5-4-6-30-13/h4-6,11-12,14-15H,7-10H2,1-3H3,(H2,20,26)(H,23,27)(H2,21,22,28)/t12-,14+,15+/m1/s1. The molecule has 1 aromatic rings. The summed E-state index contributed by atoms with van der Waals surface area (Å²) in [5, 5.41) is 10.1. The van der Waals surface area contributed by atoms with Gasteiger partial charge in [-0.3, -0.25) is 14.4 Å². The first kappa shape index (κ1) is 24.0. The van der Waals surface area contributed by atoms with Gasteiger partial charge in [-0.2, -0.15) is 11.8 Å². The molecule has 9 nitrogen and oxygen atoms in total. The zero-order valence-corrected chi connectivity index (χ0v) is 19.0. The van der Waals surface area contributed by atoms with E-state index in [1.54, 1.807) is 6.26 Å². The summed E-state index contributed by atoms with van der Waals surface area (Å²) in [6, 6.07) is 1.33. The zero-order chi connectivity index (χ0) is 22.3. The van der Waals surface area contributed by atoms with E-state index in [4.69, 9.17) is 5.73 Å². The molecule has 3 atom stereocenters. The maximum Gasteiger partial charge on any atom is 0.315 e. The number of rotatable bonds is 9. The Kier molecular flexibility index (Phi) is 8.97. The first-order chi connectivity index (χ1) is 14.2. The van der Waals surface area contributed by atoms with Gasteiger partial charge in [0.05, 0.1) is 11.8 Å². The lowest BCUT2D eigenvalue weighted by atomic mass is 10.1. The van der Waals surface area contributed by atoms with Crippen molar-refractivity contribution < 1.29 is 19.2 Å². The minimum atomic E-state index is -0.870. The maximum absolute atomic E-state index is 13.0. The third-order valence-electron chi connectivity index (χ3n) is 4.59. The number of amides is 5. The molecule has 1 saturated heterocycles. The third kappa shape index (κ3) is 6.91. The Morgan fingerprint density at radius 1 is 1.30 bits per heavy atom. The molecule has 0 aliphatic carbocycles. The number of primary amides is 1. The molecule has 166 valence electrons. The molecule has 5 N–H and O–H groups in total. The first-order valence-electron chi connectivity index (χ1n) is 9.68. The number of carbonyl (C=O) groups excluding carboxylic acids is 4. The smallest absolute Gasteiger partial charge is 0.315 e. The molecule has 5 amide bonds. The molecule has 30 heavy (non-hydrogen) atoms. The van der Waals surface area contributed by atoms with Gasteiger partial charge in [0.2, 0.25) is 17.7 Å². The number of nitrogens with one attached hydrogen (secondary N) is 3. The van der Waals surface area contributed by atoms with Crippen molar-refractivity contribution in [2.24, 2.45) is 5.73 Å². The highest BCUT2D eigenvalue weighted by Crippen LogP contribution is 2.20. The fourth-order valence-electron chi connectivity index (χ4n) is 3.28. The van der Waals surface area contributed by atoms with Crippen LogP contribution in [0.15, 0.2) is 17.5 Å². The van der Waals surface area contributed by atoms with Gasteiger partial charge in [-0.05, 0) is 38.0 Å². The second-order valence-electron chi connectivity index (χ2n) is 7.45. The van der Waals surface area contributed by atoms with Gasteiger partial charge in [0.1, 0.15) is 12.1 Å². The molecule has 0 unspecified atom stereocenters. The number of hydrogen-bond acceptors (Lipinski definition) is 6. The van der Waals surface area contributed by atoms with Crippen LogP contribution in [0.1, 0.15) is 25.1 Å². The summed E-state index contributed by atoms with van der Waals surface area (Å²) in [6.07, 6.45) is 2.36. The van der Waals surface area contributed by atoms with Crippen LogP contribution in [-0.4, -0.2) is 71.4 Å². The van der Waals surface area contributed by atoms with Crippen molar-refractivity contribution in [3.8, 4) is 0 Å². The lowest BCUT2D eigenvalue weighted by Gasteiger charge is -2.25. The molecule has 11 heteroatoms. The zero-order valence-electron chi connectivity index (χ0n) is 17.3. The Morgan fingerprint density at radius 2 is 2.03 bits per heavy atom. The summed E-state index contributed by atoms with van der Waals surface area (Å²) in [6.45, 7) is 3.92. The van der Waals surface area contributed by atoms with Crippen LogP contribution >= 0.6 is 23.1 Å². The fraction of sp³-hybridized carbons (Fsp3) is 0.579. The summed E-state index contributed by atoms with van der Waals surface area (Å²) in [7, 11) is 0. The van der Waals surface area contributed by atoms with Crippen LogP contribution in [0.5, 0.6) is 0 Å². The van der Waals surface area contributed by atoms with E-state index in [2.05, 4.69) is 16.0 Å². The van der Waals surface area contributed by atoms with E-state index in [-0.39, 0.29) is 42.7 Å². The Bertz CT molecular complexity index is 756. The van der Waals surface area contributed by atoms with Crippen LogP contribution in [0.25, 0.3) is 0 Å². The average molecular weight is 456 g/mol. The lowest BCUT2D eigenvalue weighted by Crippen LogP contribution is -2.53. The predicted molar refractivity (Wildman–Crippen MR) is 118 cm³/mol. The number of hydrogen-bond donors (Lipinski definition) is 4. The van der Waals surface area contributed by atoms with Crippen LogP contribution in [0, 0.1) is 0 Å². The van der Waals surface area contributed by atoms with Crippen molar-refractivity contribution in [3.63, 3.8) is 0 Å². The largest absolute Gasteiger partial charge is 0.368 e. The fourth-order valence-corrected chi connectivity index (χ4v) is 4.45. The molecule has 1 aliphatic heterocycles. The van der Waals surface area contributed by atoms with Crippen LogP contribution < -0.4 is 21.7 Å². The van der Waals surface area contributed by atoms with E-state index in [0.29, 0.717) is 6.42 Å². The number of thioether (sulfide) groups is 1.